The quantitative estimate of drug-likeness (QED) is 0.0240. The number of halogens is 1. The van der Waals surface area contributed by atoms with E-state index < -0.39 is 5.97 Å². The van der Waals surface area contributed by atoms with Crippen molar-refractivity contribution in [2.24, 2.45) is 0 Å². The number of unbranched alkanes of at least 4 members (excludes halogenated alkanes) is 6. The van der Waals surface area contributed by atoms with Gasteiger partial charge in [0.1, 0.15) is 18.2 Å². The first-order valence-corrected chi connectivity index (χ1v) is 31.5. The lowest BCUT2D eigenvalue weighted by Gasteiger charge is -2.13. The first-order chi connectivity index (χ1) is 42.3. The number of allylic oxidation sites excluding steroid dienone is 1. The maximum Gasteiger partial charge on any atom is 0.338 e. The molecule has 8 aromatic rings. The monoisotopic (exact) mass is 1160 g/mol. The zero-order chi connectivity index (χ0) is 62.3. The van der Waals surface area contributed by atoms with Crippen LogP contribution in [0.15, 0.2) is 218 Å². The second-order valence-electron chi connectivity index (χ2n) is 22.0. The Bertz CT molecular complexity index is 3470. The maximum atomic E-state index is 14.5. The van der Waals surface area contributed by atoms with Gasteiger partial charge in [0.15, 0.2) is 0 Å². The molecule has 7 heteroatoms. The van der Waals surface area contributed by atoms with E-state index in [4.69, 9.17) is 9.47 Å². The van der Waals surface area contributed by atoms with Gasteiger partial charge in [-0.25, -0.2) is 14.0 Å². The molecule has 0 unspecified atom stereocenters. The average Bonchev–Trinajstić information content (AvgIpc) is 3.76. The highest BCUT2D eigenvalue weighted by atomic mass is 19.1. The molecule has 0 heterocycles. The Morgan fingerprint density at radius 2 is 0.897 bits per heavy atom. The number of amides is 1. The van der Waals surface area contributed by atoms with Gasteiger partial charge in [-0.2, -0.15) is 0 Å². The van der Waals surface area contributed by atoms with E-state index in [2.05, 4.69) is 161 Å². The van der Waals surface area contributed by atoms with Gasteiger partial charge < -0.3 is 14.8 Å². The van der Waals surface area contributed by atoms with Crippen molar-refractivity contribution >= 4 is 23.5 Å². The molecule has 0 aliphatic rings. The Morgan fingerprint density at radius 1 is 0.460 bits per heavy atom. The minimum absolute atomic E-state index is 0.116. The number of aryl methyl sites for hydroxylation is 4. The minimum Gasteiger partial charge on any atom is -0.458 e. The summed E-state index contributed by atoms with van der Waals surface area (Å²) < 4.78 is 24.9. The second-order valence-corrected chi connectivity index (χ2v) is 22.0. The molecule has 0 bridgehead atoms. The number of anilines is 1. The van der Waals surface area contributed by atoms with Crippen molar-refractivity contribution in [2.45, 2.75) is 151 Å². The predicted octanol–water partition coefficient (Wildman–Crippen LogP) is 21.7. The van der Waals surface area contributed by atoms with E-state index in [1.807, 2.05) is 50.2 Å². The van der Waals surface area contributed by atoms with E-state index in [1.165, 1.54) is 108 Å². The molecule has 0 saturated carbocycles. The van der Waals surface area contributed by atoms with Crippen LogP contribution in [0.2, 0.25) is 0 Å². The van der Waals surface area contributed by atoms with Gasteiger partial charge in [-0.3, -0.25) is 4.79 Å². The van der Waals surface area contributed by atoms with Crippen LogP contribution >= 0.6 is 0 Å². The smallest absolute Gasteiger partial charge is 0.338 e. The average molecular weight is 1160 g/mol. The van der Waals surface area contributed by atoms with E-state index in [0.29, 0.717) is 35.3 Å². The first kappa shape index (κ1) is 67.4. The fourth-order valence-corrected chi connectivity index (χ4v) is 9.87. The Labute approximate surface area is 519 Å². The Balaban J connectivity index is 0.000000210. The van der Waals surface area contributed by atoms with Crippen LogP contribution in [-0.4, -0.2) is 17.8 Å². The fourth-order valence-electron chi connectivity index (χ4n) is 9.87. The fraction of sp³-hybridized carbons (Fsp3) is 0.287. The zero-order valence-corrected chi connectivity index (χ0v) is 52.6. The van der Waals surface area contributed by atoms with Crippen molar-refractivity contribution < 1.29 is 28.2 Å². The van der Waals surface area contributed by atoms with Crippen LogP contribution in [0.1, 0.15) is 147 Å². The van der Waals surface area contributed by atoms with Crippen molar-refractivity contribution in [3.8, 4) is 61.4 Å². The number of carbonyl (C=O) groups is 3. The van der Waals surface area contributed by atoms with Gasteiger partial charge in [-0.15, -0.1) is 0 Å². The van der Waals surface area contributed by atoms with Crippen molar-refractivity contribution in [2.75, 3.05) is 5.32 Å². The molecule has 0 fully saturated rings. The molecule has 0 saturated heterocycles. The van der Waals surface area contributed by atoms with Gasteiger partial charge in [0.05, 0.1) is 0 Å². The predicted molar refractivity (Wildman–Crippen MR) is 363 cm³/mol. The first-order valence-electron chi connectivity index (χ1n) is 31.5. The van der Waals surface area contributed by atoms with Crippen molar-refractivity contribution in [1.29, 1.82) is 0 Å². The number of hydrogen-bond acceptors (Lipinski definition) is 5. The molecule has 0 spiro atoms. The number of ether oxygens (including phenoxy) is 2. The number of esters is 2. The van der Waals surface area contributed by atoms with Gasteiger partial charge in [0, 0.05) is 28.5 Å². The van der Waals surface area contributed by atoms with E-state index in [1.54, 1.807) is 43.3 Å². The Kier molecular flexibility index (Phi) is 28.2. The lowest BCUT2D eigenvalue weighted by Crippen LogP contribution is -2.12. The molecule has 0 aliphatic heterocycles. The van der Waals surface area contributed by atoms with Crippen LogP contribution in [0.3, 0.4) is 0 Å². The largest absolute Gasteiger partial charge is 0.458 e. The molecule has 6 nitrogen and oxygen atoms in total. The zero-order valence-electron chi connectivity index (χ0n) is 52.6. The third-order valence-electron chi connectivity index (χ3n) is 15.5. The Hall–Kier alpha value is -8.68. The van der Waals surface area contributed by atoms with Crippen molar-refractivity contribution in [1.82, 2.24) is 0 Å². The SMILES string of the molecule is C=C(CC)C(=O)Nc1ccc(-c2ccc(-c3ccc(CCCCC)cc3)cc2CC)cc1.C=C(CC)C(=O)Oc1ccc(-c2ccc(CCCCCC)cc2F)cc1.CC=CC(=O)OCc1ccc(-c2ccc(-c3ccc(CCCC)cc3)cc2)cc1. The van der Waals surface area contributed by atoms with Gasteiger partial charge in [-0.05, 0) is 173 Å². The standard InChI is InChI=1S/C30H35NO.C27H28O2.C23H27FO2/c1-5-8-9-10-23-11-13-25(14-12-23)27-17-20-29(24(7-3)21-27)26-15-18-28(19-16-26)31-30(32)22(4)6-2;1-3-5-7-21-8-12-23(13-9-21)25-16-18-26(19-17-25)24-14-10-22(11-15-24)20-29-27(28)6-4-2;1-4-6-7-8-9-18-10-15-21(22(24)16-18)19-11-13-20(14-12-19)26-23(25)17(3)5-2/h11-21H,4-10H2,1-3H3,(H,31,32);4,6,8-19H,3,5,7,20H2,1-2H3;10-16H,3-9H2,1-2H3. The highest BCUT2D eigenvalue weighted by Crippen LogP contribution is 2.32. The van der Waals surface area contributed by atoms with Crippen LogP contribution in [0.4, 0.5) is 10.1 Å². The van der Waals surface area contributed by atoms with Crippen LogP contribution in [-0.2, 0) is 51.4 Å². The lowest BCUT2D eigenvalue weighted by molar-refractivity contribution is -0.139. The topological polar surface area (TPSA) is 81.7 Å². The summed E-state index contributed by atoms with van der Waals surface area (Å²) in [5.41, 5.74) is 19.0. The molecule has 87 heavy (non-hydrogen) atoms. The third-order valence-corrected chi connectivity index (χ3v) is 15.5. The van der Waals surface area contributed by atoms with Gasteiger partial charge in [0.2, 0.25) is 0 Å². The summed E-state index contributed by atoms with van der Waals surface area (Å²) in [4.78, 5) is 35.2. The molecule has 0 aliphatic carbocycles. The lowest BCUT2D eigenvalue weighted by atomic mass is 9.93. The minimum atomic E-state index is -0.432. The van der Waals surface area contributed by atoms with Crippen LogP contribution in [0, 0.1) is 5.82 Å². The highest BCUT2D eigenvalue weighted by Gasteiger charge is 2.13. The molecule has 452 valence electrons. The Morgan fingerprint density at radius 3 is 1.43 bits per heavy atom. The van der Waals surface area contributed by atoms with E-state index in [9.17, 15) is 18.8 Å². The van der Waals surface area contributed by atoms with Crippen molar-refractivity contribution in [3.05, 3.63) is 252 Å². The number of hydrogen-bond donors (Lipinski definition) is 1. The van der Waals surface area contributed by atoms with Crippen molar-refractivity contribution in [3.63, 3.8) is 0 Å². The summed E-state index contributed by atoms with van der Waals surface area (Å²) in [6.45, 7) is 22.2. The normalized spacial score (nSPS) is 10.8. The molecule has 0 aromatic heterocycles. The van der Waals surface area contributed by atoms with Gasteiger partial charge in [-0.1, -0.05) is 251 Å². The van der Waals surface area contributed by atoms with Gasteiger partial charge in [0.25, 0.3) is 5.91 Å². The summed E-state index contributed by atoms with van der Waals surface area (Å²) in [7, 11) is 0. The molecular weight excluding hydrogens is 1070 g/mol. The summed E-state index contributed by atoms with van der Waals surface area (Å²) in [6.07, 6.45) is 19.5. The summed E-state index contributed by atoms with van der Waals surface area (Å²) in [5.74, 6) is -0.650. The van der Waals surface area contributed by atoms with E-state index in [0.717, 1.165) is 65.6 Å². The third kappa shape index (κ3) is 21.7. The number of rotatable bonds is 27. The van der Waals surface area contributed by atoms with E-state index >= 15 is 0 Å². The number of carbonyl (C=O) groups excluding carboxylic acids is 3. The molecule has 8 aromatic carbocycles. The molecule has 0 atom stereocenters. The van der Waals surface area contributed by atoms with Gasteiger partial charge >= 0.3 is 11.9 Å². The number of nitrogens with one attached hydrogen (secondary N) is 1. The van der Waals surface area contributed by atoms with Crippen LogP contribution in [0.5, 0.6) is 5.75 Å². The summed E-state index contributed by atoms with van der Waals surface area (Å²) >= 11 is 0. The van der Waals surface area contributed by atoms with E-state index in [-0.39, 0.29) is 24.3 Å². The highest BCUT2D eigenvalue weighted by molar-refractivity contribution is 6.03. The molecule has 1 N–H and O–H groups in total. The summed E-state index contributed by atoms with van der Waals surface area (Å²) in [6, 6.07) is 61.8. The van der Waals surface area contributed by atoms with Crippen LogP contribution < -0.4 is 10.1 Å². The molecule has 0 radical (unpaired) electrons. The summed E-state index contributed by atoms with van der Waals surface area (Å²) in [5, 5.41) is 2.91. The number of benzene rings is 8. The van der Waals surface area contributed by atoms with Crippen LogP contribution in [0.25, 0.3) is 55.6 Å². The molecular formula is C80H90FNO5. The molecule has 8 rings (SSSR count). The molecule has 1 amide bonds. The maximum absolute atomic E-state index is 14.5. The second kappa shape index (κ2) is 36.3.